The predicted molar refractivity (Wildman–Crippen MR) is 51.5 cm³/mol. The Kier molecular flexibility index (Phi) is 3.56. The lowest BCUT2D eigenvalue weighted by Crippen LogP contribution is -1.96. The molecule has 0 aliphatic carbocycles. The molecule has 0 unspecified atom stereocenters. The number of rotatable bonds is 3. The Morgan fingerprint density at radius 3 is 2.83 bits per heavy atom. The molecule has 0 aromatic heterocycles. The zero-order valence-electron chi connectivity index (χ0n) is 6.88. The van der Waals surface area contributed by atoms with E-state index in [0.717, 1.165) is 15.8 Å². The highest BCUT2D eigenvalue weighted by Gasteiger charge is 2.05. The number of halogens is 1. The van der Waals surface area contributed by atoms with Gasteiger partial charge in [0.1, 0.15) is 5.75 Å². The molecule has 0 radical (unpaired) electrons. The Hall–Kier alpha value is -0.540. The van der Waals surface area contributed by atoms with E-state index in [4.69, 9.17) is 9.84 Å². The van der Waals surface area contributed by atoms with Crippen molar-refractivity contribution in [1.29, 1.82) is 0 Å². The molecule has 12 heavy (non-hydrogen) atoms. The van der Waals surface area contributed by atoms with E-state index in [1.54, 1.807) is 7.11 Å². The van der Waals surface area contributed by atoms with Crippen LogP contribution in [0.1, 0.15) is 5.56 Å². The maximum atomic E-state index is 8.79. The van der Waals surface area contributed by atoms with Crippen molar-refractivity contribution in [1.82, 2.24) is 0 Å². The van der Waals surface area contributed by atoms with Crippen LogP contribution in [-0.2, 0) is 6.42 Å². The quantitative estimate of drug-likeness (QED) is 0.861. The van der Waals surface area contributed by atoms with Crippen LogP contribution in [0.4, 0.5) is 0 Å². The molecule has 0 saturated carbocycles. The van der Waals surface area contributed by atoms with Crippen molar-refractivity contribution in [3.8, 4) is 5.75 Å². The molecule has 0 atom stereocenters. The summed E-state index contributed by atoms with van der Waals surface area (Å²) in [4.78, 5) is 0. The minimum Gasteiger partial charge on any atom is -0.496 e. The number of hydrogen-bond acceptors (Lipinski definition) is 2. The van der Waals surface area contributed by atoms with Gasteiger partial charge in [0.2, 0.25) is 0 Å². The maximum Gasteiger partial charge on any atom is 0.123 e. The molecule has 1 aromatic rings. The van der Waals surface area contributed by atoms with E-state index in [1.165, 1.54) is 0 Å². The second kappa shape index (κ2) is 4.48. The number of hydrogen-bond donors (Lipinski definition) is 1. The molecule has 0 fully saturated rings. The second-order valence-electron chi connectivity index (χ2n) is 2.39. The van der Waals surface area contributed by atoms with Crippen LogP contribution in [0.2, 0.25) is 0 Å². The molecule has 0 aliphatic heterocycles. The predicted octanol–water partition coefficient (Wildman–Crippen LogP) is 1.99. The second-order valence-corrected chi connectivity index (χ2v) is 3.25. The topological polar surface area (TPSA) is 29.5 Å². The number of aliphatic hydroxyl groups excluding tert-OH is 1. The molecule has 2 nitrogen and oxygen atoms in total. The third kappa shape index (κ3) is 1.99. The summed E-state index contributed by atoms with van der Waals surface area (Å²) in [6.45, 7) is 0.138. The fourth-order valence-corrected chi connectivity index (χ4v) is 1.63. The zero-order chi connectivity index (χ0) is 8.97. The monoisotopic (exact) mass is 230 g/mol. The molecule has 1 aromatic carbocycles. The van der Waals surface area contributed by atoms with Gasteiger partial charge in [-0.25, -0.2) is 0 Å². The normalized spacial score (nSPS) is 9.92. The number of methoxy groups -OCH3 is 1. The largest absolute Gasteiger partial charge is 0.496 e. The smallest absolute Gasteiger partial charge is 0.123 e. The van der Waals surface area contributed by atoms with Crippen LogP contribution >= 0.6 is 15.9 Å². The van der Waals surface area contributed by atoms with Crippen molar-refractivity contribution in [2.24, 2.45) is 0 Å². The van der Waals surface area contributed by atoms with Crippen molar-refractivity contribution >= 4 is 15.9 Å². The van der Waals surface area contributed by atoms with Gasteiger partial charge in [-0.15, -0.1) is 0 Å². The molecule has 0 saturated heterocycles. The Morgan fingerprint density at radius 2 is 2.25 bits per heavy atom. The first-order chi connectivity index (χ1) is 5.79. The molecule has 0 aliphatic rings. The molecule has 0 spiro atoms. The first-order valence-electron chi connectivity index (χ1n) is 3.72. The van der Waals surface area contributed by atoms with Gasteiger partial charge in [-0.1, -0.05) is 22.0 Å². The fraction of sp³-hybridized carbons (Fsp3) is 0.333. The Bertz CT molecular complexity index is 261. The lowest BCUT2D eigenvalue weighted by Gasteiger charge is -2.08. The van der Waals surface area contributed by atoms with E-state index in [0.29, 0.717) is 6.42 Å². The molecular weight excluding hydrogens is 220 g/mol. The van der Waals surface area contributed by atoms with Gasteiger partial charge < -0.3 is 9.84 Å². The van der Waals surface area contributed by atoms with Crippen molar-refractivity contribution in [3.63, 3.8) is 0 Å². The van der Waals surface area contributed by atoms with E-state index in [9.17, 15) is 0 Å². The summed E-state index contributed by atoms with van der Waals surface area (Å²) in [5, 5.41) is 8.79. The summed E-state index contributed by atoms with van der Waals surface area (Å²) < 4.78 is 6.12. The van der Waals surface area contributed by atoms with Gasteiger partial charge in [0, 0.05) is 23.1 Å². The molecule has 66 valence electrons. The van der Waals surface area contributed by atoms with Gasteiger partial charge in [0.05, 0.1) is 7.11 Å². The maximum absolute atomic E-state index is 8.79. The van der Waals surface area contributed by atoms with Gasteiger partial charge in [0.15, 0.2) is 0 Å². The Balaban J connectivity index is 3.02. The van der Waals surface area contributed by atoms with E-state index in [2.05, 4.69) is 15.9 Å². The zero-order valence-corrected chi connectivity index (χ0v) is 8.47. The van der Waals surface area contributed by atoms with Gasteiger partial charge in [0.25, 0.3) is 0 Å². The van der Waals surface area contributed by atoms with E-state index < -0.39 is 0 Å². The minimum absolute atomic E-state index is 0.138. The van der Waals surface area contributed by atoms with E-state index >= 15 is 0 Å². The Morgan fingerprint density at radius 1 is 1.50 bits per heavy atom. The molecule has 0 amide bonds. The molecule has 3 heteroatoms. The molecule has 1 N–H and O–H groups in total. The first kappa shape index (κ1) is 9.55. The summed E-state index contributed by atoms with van der Waals surface area (Å²) in [7, 11) is 1.63. The molecule has 1 rings (SSSR count). The summed E-state index contributed by atoms with van der Waals surface area (Å²) in [5.74, 6) is 0.818. The summed E-state index contributed by atoms with van der Waals surface area (Å²) in [5.41, 5.74) is 1.02. The van der Waals surface area contributed by atoms with E-state index in [1.807, 2.05) is 18.2 Å². The molecule has 0 bridgehead atoms. The third-order valence-electron chi connectivity index (χ3n) is 1.66. The lowest BCUT2D eigenvalue weighted by molar-refractivity contribution is 0.296. The average Bonchev–Trinajstić information content (AvgIpc) is 2.09. The summed E-state index contributed by atoms with van der Waals surface area (Å²) in [6.07, 6.45) is 0.616. The SMILES string of the molecule is COc1cccc(Br)c1CCO. The van der Waals surface area contributed by atoms with Crippen LogP contribution in [0.25, 0.3) is 0 Å². The van der Waals surface area contributed by atoms with Crippen LogP contribution in [0.15, 0.2) is 22.7 Å². The summed E-state index contributed by atoms with van der Waals surface area (Å²) >= 11 is 3.40. The Labute approximate surface area is 80.3 Å². The van der Waals surface area contributed by atoms with Crippen molar-refractivity contribution in [2.45, 2.75) is 6.42 Å². The van der Waals surface area contributed by atoms with Crippen LogP contribution in [0, 0.1) is 0 Å². The molecular formula is C9H11BrO2. The van der Waals surface area contributed by atoms with Gasteiger partial charge in [-0.3, -0.25) is 0 Å². The van der Waals surface area contributed by atoms with Gasteiger partial charge in [-0.2, -0.15) is 0 Å². The van der Waals surface area contributed by atoms with Gasteiger partial charge >= 0.3 is 0 Å². The molecule has 0 heterocycles. The first-order valence-corrected chi connectivity index (χ1v) is 4.51. The van der Waals surface area contributed by atoms with Crippen LogP contribution in [0.5, 0.6) is 5.75 Å². The van der Waals surface area contributed by atoms with Crippen LogP contribution in [0.3, 0.4) is 0 Å². The van der Waals surface area contributed by atoms with Crippen molar-refractivity contribution in [3.05, 3.63) is 28.2 Å². The third-order valence-corrected chi connectivity index (χ3v) is 2.40. The highest BCUT2D eigenvalue weighted by Crippen LogP contribution is 2.26. The lowest BCUT2D eigenvalue weighted by atomic mass is 10.1. The van der Waals surface area contributed by atoms with Crippen molar-refractivity contribution in [2.75, 3.05) is 13.7 Å². The fourth-order valence-electron chi connectivity index (χ4n) is 1.08. The minimum atomic E-state index is 0.138. The number of benzene rings is 1. The average molecular weight is 231 g/mol. The number of aliphatic hydroxyl groups is 1. The highest BCUT2D eigenvalue weighted by atomic mass is 79.9. The highest BCUT2D eigenvalue weighted by molar-refractivity contribution is 9.10. The van der Waals surface area contributed by atoms with Crippen LogP contribution < -0.4 is 4.74 Å². The summed E-state index contributed by atoms with van der Waals surface area (Å²) in [6, 6.07) is 5.73. The number of ether oxygens (including phenoxy) is 1. The van der Waals surface area contributed by atoms with E-state index in [-0.39, 0.29) is 6.61 Å². The van der Waals surface area contributed by atoms with Gasteiger partial charge in [-0.05, 0) is 12.1 Å². The van der Waals surface area contributed by atoms with Crippen LogP contribution in [-0.4, -0.2) is 18.8 Å². The standard InChI is InChI=1S/C9H11BrO2/c1-12-9-4-2-3-8(10)7(9)5-6-11/h2-4,11H,5-6H2,1H3. The van der Waals surface area contributed by atoms with Crippen molar-refractivity contribution < 1.29 is 9.84 Å².